The Bertz CT molecular complexity index is 2470. The summed E-state index contributed by atoms with van der Waals surface area (Å²) < 4.78 is 42.8. The molecule has 4 aromatic carbocycles. The number of alkyl carbamates (subject to hydrolysis) is 1. The fraction of sp³-hybridized carbons (Fsp3) is 0.443. The first-order valence-electron chi connectivity index (χ1n) is 27.9. The number of hydrogen-bond donors (Lipinski definition) is 7. The fourth-order valence-electron chi connectivity index (χ4n) is 5.85. The first kappa shape index (κ1) is 79.6. The summed E-state index contributed by atoms with van der Waals surface area (Å²) in [5.41, 5.74) is 9.13. The number of amides is 4. The second-order valence-corrected chi connectivity index (χ2v) is 17.5. The summed E-state index contributed by atoms with van der Waals surface area (Å²) in [5, 5.41) is 25.4. The van der Waals surface area contributed by atoms with E-state index in [4.69, 9.17) is 49.1 Å². The molecule has 0 saturated carbocycles. The van der Waals surface area contributed by atoms with E-state index in [0.29, 0.717) is 6.61 Å². The molecule has 0 radical (unpaired) electrons. The van der Waals surface area contributed by atoms with E-state index < -0.39 is 84.6 Å². The van der Waals surface area contributed by atoms with Gasteiger partial charge in [0.25, 0.3) is 0 Å². The van der Waals surface area contributed by atoms with Crippen LogP contribution in [0.2, 0.25) is 0 Å². The zero-order valence-corrected chi connectivity index (χ0v) is 51.1. The van der Waals surface area contributed by atoms with Crippen molar-refractivity contribution in [3.05, 3.63) is 144 Å². The van der Waals surface area contributed by atoms with E-state index in [9.17, 15) is 47.9 Å². The molecular formula is C61H87N5O21. The Morgan fingerprint density at radius 3 is 0.977 bits per heavy atom. The highest BCUT2D eigenvalue weighted by atomic mass is 16.7. The third-order valence-corrected chi connectivity index (χ3v) is 10.2. The number of nitrogens with one attached hydrogen (secondary N) is 4. The Kier molecular flexibility index (Phi) is 46.7. The number of ether oxygens (including phenoxy) is 9. The Labute approximate surface area is 508 Å². The van der Waals surface area contributed by atoms with Gasteiger partial charge in [-0.05, 0) is 91.0 Å². The second kappa shape index (κ2) is 51.0. The minimum atomic E-state index is -1.24. The predicted octanol–water partition coefficient (Wildman–Crippen LogP) is 8.75. The van der Waals surface area contributed by atoms with Crippen LogP contribution < -0.4 is 27.0 Å². The summed E-state index contributed by atoms with van der Waals surface area (Å²) in [4.78, 5) is 110. The molecule has 482 valence electrons. The molecule has 4 rings (SSSR count). The molecular weight excluding hydrogens is 1140 g/mol. The van der Waals surface area contributed by atoms with Crippen LogP contribution in [0.3, 0.4) is 0 Å². The van der Waals surface area contributed by atoms with Gasteiger partial charge >= 0.3 is 60.4 Å². The molecule has 8 N–H and O–H groups in total. The van der Waals surface area contributed by atoms with Crippen molar-refractivity contribution in [2.45, 2.75) is 145 Å². The predicted molar refractivity (Wildman–Crippen MR) is 318 cm³/mol. The van der Waals surface area contributed by atoms with Gasteiger partial charge < -0.3 is 79.8 Å². The summed E-state index contributed by atoms with van der Waals surface area (Å²) >= 11 is 0. The van der Waals surface area contributed by atoms with Gasteiger partial charge in [0.1, 0.15) is 56.6 Å². The summed E-state index contributed by atoms with van der Waals surface area (Å²) in [6, 6.07) is 33.3. The fourth-order valence-corrected chi connectivity index (χ4v) is 5.85. The number of carbonyl (C=O) groups excluding carboxylic acids is 8. The molecule has 26 heteroatoms. The lowest BCUT2D eigenvalue weighted by molar-refractivity contribution is -0.146. The van der Waals surface area contributed by atoms with Crippen molar-refractivity contribution in [3.63, 3.8) is 0 Å². The van der Waals surface area contributed by atoms with E-state index in [1.807, 2.05) is 127 Å². The van der Waals surface area contributed by atoms with Gasteiger partial charge in [0, 0.05) is 0 Å². The molecule has 0 aliphatic carbocycles. The number of hydrogen-bond acceptors (Lipinski definition) is 20. The minimum absolute atomic E-state index is 0.121. The molecule has 0 heterocycles. The Morgan fingerprint density at radius 2 is 0.678 bits per heavy atom. The monoisotopic (exact) mass is 1230 g/mol. The van der Waals surface area contributed by atoms with Gasteiger partial charge in [-0.25, -0.2) is 43.2 Å². The average Bonchev–Trinajstić information content (AvgIpc) is 3.58. The first-order chi connectivity index (χ1) is 41.5. The summed E-state index contributed by atoms with van der Waals surface area (Å²) in [6.07, 6.45) is -0.982. The third-order valence-electron chi connectivity index (χ3n) is 10.2. The first-order valence-corrected chi connectivity index (χ1v) is 27.9. The van der Waals surface area contributed by atoms with Crippen LogP contribution in [0.4, 0.5) is 24.0 Å². The van der Waals surface area contributed by atoms with Gasteiger partial charge in [-0.15, -0.1) is 0 Å². The maximum Gasteiger partial charge on any atom is 0.508 e. The van der Waals surface area contributed by atoms with Crippen LogP contribution in [-0.2, 0) is 93.0 Å². The number of rotatable bonds is 25. The Hall–Kier alpha value is -9.46. The molecule has 0 aliphatic heterocycles. The van der Waals surface area contributed by atoms with Crippen LogP contribution in [0.1, 0.15) is 111 Å². The van der Waals surface area contributed by atoms with E-state index >= 15 is 0 Å². The topological polar surface area (TPSA) is 368 Å². The summed E-state index contributed by atoms with van der Waals surface area (Å²) in [5.74, 6) is -2.38. The maximum absolute atomic E-state index is 11.4. The molecule has 4 amide bonds. The number of unbranched alkanes of at least 4 members (excludes halogenated alkanes) is 1. The zero-order valence-electron chi connectivity index (χ0n) is 51.1. The molecule has 5 unspecified atom stereocenters. The number of nitrogens with two attached hydrogens (primary N) is 1. The number of benzene rings is 4. The Balaban J connectivity index is 0. The number of esters is 5. The zero-order chi connectivity index (χ0) is 65.8. The average molecular weight is 1230 g/mol. The van der Waals surface area contributed by atoms with Gasteiger partial charge in [-0.3, -0.25) is 4.79 Å². The van der Waals surface area contributed by atoms with Gasteiger partial charge in [0.15, 0.2) is 0 Å². The maximum atomic E-state index is 11.4. The lowest BCUT2D eigenvalue weighted by Gasteiger charge is -2.16. The van der Waals surface area contributed by atoms with Crippen molar-refractivity contribution < 1.29 is 101 Å². The highest BCUT2D eigenvalue weighted by molar-refractivity contribution is 5.87. The number of carbonyl (C=O) groups is 10. The largest absolute Gasteiger partial charge is 0.508 e. The van der Waals surface area contributed by atoms with Crippen LogP contribution in [-0.4, -0.2) is 134 Å². The van der Waals surface area contributed by atoms with Gasteiger partial charge in [0.2, 0.25) is 0 Å². The molecule has 0 aromatic heterocycles. The van der Waals surface area contributed by atoms with Crippen molar-refractivity contribution in [1.82, 2.24) is 21.3 Å². The van der Waals surface area contributed by atoms with Crippen molar-refractivity contribution in [2.24, 2.45) is 5.73 Å². The molecule has 4 aromatic rings. The van der Waals surface area contributed by atoms with Crippen LogP contribution in [0, 0.1) is 0 Å². The van der Waals surface area contributed by atoms with E-state index in [1.54, 1.807) is 41.5 Å². The van der Waals surface area contributed by atoms with Crippen LogP contribution in [0.5, 0.6) is 0 Å². The van der Waals surface area contributed by atoms with Crippen molar-refractivity contribution in [1.29, 1.82) is 0 Å². The van der Waals surface area contributed by atoms with Gasteiger partial charge in [-0.2, -0.15) is 0 Å². The lowest BCUT2D eigenvalue weighted by atomic mass is 10.1. The molecule has 0 aliphatic rings. The normalized spacial score (nSPS) is 11.3. The molecule has 0 bridgehead atoms. The van der Waals surface area contributed by atoms with Crippen LogP contribution >= 0.6 is 0 Å². The van der Waals surface area contributed by atoms with Crippen LogP contribution in [0.15, 0.2) is 121 Å². The van der Waals surface area contributed by atoms with E-state index in [-0.39, 0.29) is 58.8 Å². The Morgan fingerprint density at radius 1 is 0.391 bits per heavy atom. The highest BCUT2D eigenvalue weighted by Crippen LogP contribution is 2.06. The standard InChI is InChI=1S/C15H14O3.C13H17NO4.C11H20N2O5.C8H17NO2.C8H8O3.C6H11NO4/c16-15(17-11-13-7-3-1-4-8-13)18-12-14-9-5-2-6-10-14;1-3-17-12(15)10(2)14-13(16)18-9-11-7-5-4-6-8-11;1-5-17-9(14)7(3)12-11(16)13-8(4)10(15)18-6-2;1-3-5-6-7(9)8(10)11-4-2;9-8(10)11-6-7-4-2-1-3-5-7;1-3-11-5(8)4(2)7-6(9)10/h1-10H,11-12H2;4-8,10H,3,9H2,1-2H3,(H,14,16);7-8H,5-6H2,1-4H3,(H2,12,13,16);7H,3-6,9H2,1-2H3;1-5H,6H2,(H,9,10);4,7H,3H2,1-2H3,(H,9,10). The lowest BCUT2D eigenvalue weighted by Crippen LogP contribution is -2.49. The van der Waals surface area contributed by atoms with E-state index in [2.05, 4.69) is 32.3 Å². The van der Waals surface area contributed by atoms with E-state index in [1.165, 1.54) is 20.8 Å². The van der Waals surface area contributed by atoms with Gasteiger partial charge in [0.05, 0.1) is 33.0 Å². The summed E-state index contributed by atoms with van der Waals surface area (Å²) in [6.45, 7) is 18.7. The summed E-state index contributed by atoms with van der Waals surface area (Å²) in [7, 11) is 0. The van der Waals surface area contributed by atoms with Crippen molar-refractivity contribution >= 4 is 60.4 Å². The minimum Gasteiger partial charge on any atom is -0.465 e. The molecule has 26 nitrogen and oxygen atoms in total. The van der Waals surface area contributed by atoms with Gasteiger partial charge in [-0.1, -0.05) is 141 Å². The quantitative estimate of drug-likeness (QED) is 0.0241. The van der Waals surface area contributed by atoms with Crippen molar-refractivity contribution in [3.8, 4) is 0 Å². The second-order valence-electron chi connectivity index (χ2n) is 17.5. The molecule has 0 spiro atoms. The molecule has 0 fully saturated rings. The molecule has 87 heavy (non-hydrogen) atoms. The van der Waals surface area contributed by atoms with Crippen LogP contribution in [0.25, 0.3) is 0 Å². The molecule has 0 saturated heterocycles. The number of urea groups is 1. The third kappa shape index (κ3) is 44.7. The van der Waals surface area contributed by atoms with Crippen molar-refractivity contribution in [2.75, 3.05) is 33.0 Å². The smallest absolute Gasteiger partial charge is 0.465 e. The van der Waals surface area contributed by atoms with E-state index in [0.717, 1.165) is 41.5 Å². The number of carboxylic acid groups (broad SMARTS) is 2. The molecule has 5 atom stereocenters. The SMILES string of the molecule is CCCCC(N)C(=O)OCC.CCOC(=O)C(C)NC(=O)NC(C)C(=O)OCC.CCOC(=O)C(C)NC(=O)O.CCOC(=O)C(C)NC(=O)OCc1ccccc1.O=C(O)OCc1ccccc1.O=C(OCc1ccccc1)OCc1ccccc1. The highest BCUT2D eigenvalue weighted by Gasteiger charge is 2.21.